The number of hydrogen-bond donors (Lipinski definition) is 1. The number of ether oxygens (including phenoxy) is 2. The molecule has 5 rings (SSSR count). The lowest BCUT2D eigenvalue weighted by molar-refractivity contribution is 0.122. The Morgan fingerprint density at radius 1 is 1.00 bits per heavy atom. The first-order chi connectivity index (χ1) is 15.2. The van der Waals surface area contributed by atoms with Crippen molar-refractivity contribution in [2.24, 2.45) is 0 Å². The minimum atomic E-state index is 0.0422. The molecular formula is C23H24N6O2. The number of anilines is 1. The lowest BCUT2D eigenvalue weighted by atomic mass is 10.1. The molecule has 1 aliphatic rings. The van der Waals surface area contributed by atoms with Crippen molar-refractivity contribution in [1.29, 1.82) is 0 Å². The van der Waals surface area contributed by atoms with Gasteiger partial charge in [-0.05, 0) is 26.0 Å². The van der Waals surface area contributed by atoms with Crippen molar-refractivity contribution >= 4 is 16.7 Å². The predicted octanol–water partition coefficient (Wildman–Crippen LogP) is 3.71. The number of nitrogens with zero attached hydrogens (tertiary/aromatic N) is 5. The van der Waals surface area contributed by atoms with Gasteiger partial charge in [0.1, 0.15) is 5.82 Å². The van der Waals surface area contributed by atoms with Crippen LogP contribution in [-0.2, 0) is 4.74 Å². The smallest absolute Gasteiger partial charge is 0.233 e. The maximum absolute atomic E-state index is 5.70. The molecule has 1 aliphatic heterocycles. The molecule has 4 heterocycles. The van der Waals surface area contributed by atoms with Gasteiger partial charge in [0.05, 0.1) is 55.5 Å². The molecule has 1 N–H and O–H groups in total. The summed E-state index contributed by atoms with van der Waals surface area (Å²) in [6.07, 6.45) is 9.02. The zero-order chi connectivity index (χ0) is 21.2. The Labute approximate surface area is 180 Å². The number of aromatic amines is 1. The Hall–Kier alpha value is -3.52. The van der Waals surface area contributed by atoms with Gasteiger partial charge in [-0.3, -0.25) is 9.97 Å². The highest BCUT2D eigenvalue weighted by atomic mass is 16.5. The molecule has 158 valence electrons. The number of hydrogen-bond acceptors (Lipinski definition) is 7. The molecule has 4 aromatic rings. The van der Waals surface area contributed by atoms with Crippen molar-refractivity contribution < 1.29 is 9.47 Å². The van der Waals surface area contributed by atoms with Crippen LogP contribution in [0.3, 0.4) is 0 Å². The van der Waals surface area contributed by atoms with Crippen LogP contribution < -0.4 is 9.64 Å². The van der Waals surface area contributed by atoms with Gasteiger partial charge in [-0.1, -0.05) is 6.07 Å². The van der Waals surface area contributed by atoms with Crippen LogP contribution in [-0.4, -0.2) is 57.3 Å². The molecular weight excluding hydrogens is 392 g/mol. The van der Waals surface area contributed by atoms with Crippen LogP contribution in [0.25, 0.3) is 33.4 Å². The van der Waals surface area contributed by atoms with Crippen molar-refractivity contribution in [1.82, 2.24) is 24.9 Å². The number of aromatic nitrogens is 5. The molecule has 0 aliphatic carbocycles. The molecule has 0 unspecified atom stereocenters. The lowest BCUT2D eigenvalue weighted by Gasteiger charge is -2.27. The molecule has 31 heavy (non-hydrogen) atoms. The third-order valence-electron chi connectivity index (χ3n) is 5.18. The van der Waals surface area contributed by atoms with Crippen LogP contribution in [0.5, 0.6) is 5.88 Å². The Bertz CT molecular complexity index is 1200. The van der Waals surface area contributed by atoms with E-state index in [9.17, 15) is 0 Å². The van der Waals surface area contributed by atoms with E-state index in [1.54, 1.807) is 18.6 Å². The Morgan fingerprint density at radius 2 is 1.81 bits per heavy atom. The zero-order valence-electron chi connectivity index (χ0n) is 17.6. The van der Waals surface area contributed by atoms with E-state index >= 15 is 0 Å². The van der Waals surface area contributed by atoms with E-state index in [1.807, 2.05) is 38.4 Å². The minimum absolute atomic E-state index is 0.0422. The molecule has 0 atom stereocenters. The van der Waals surface area contributed by atoms with Crippen LogP contribution in [0.4, 0.5) is 5.82 Å². The SMILES string of the molecule is CC(C)Oc1cncc(-c2ccc3[nH]cc(-c4cncc(N5CCOCC5)n4)c3c2)n1. The molecule has 0 spiro atoms. The molecule has 0 saturated carbocycles. The van der Waals surface area contributed by atoms with Gasteiger partial charge in [-0.15, -0.1) is 0 Å². The molecule has 0 bridgehead atoms. The first kappa shape index (κ1) is 19.4. The normalized spacial score (nSPS) is 14.4. The van der Waals surface area contributed by atoms with Gasteiger partial charge in [-0.2, -0.15) is 0 Å². The number of nitrogens with one attached hydrogen (secondary N) is 1. The summed E-state index contributed by atoms with van der Waals surface area (Å²) in [5.74, 6) is 1.39. The fourth-order valence-electron chi connectivity index (χ4n) is 3.71. The number of morpholine rings is 1. The molecule has 1 aromatic carbocycles. The fraction of sp³-hybridized carbons (Fsp3) is 0.304. The first-order valence-corrected chi connectivity index (χ1v) is 10.4. The van der Waals surface area contributed by atoms with Crippen LogP contribution in [0.2, 0.25) is 0 Å². The third kappa shape index (κ3) is 4.06. The van der Waals surface area contributed by atoms with Crippen molar-refractivity contribution in [3.05, 3.63) is 49.2 Å². The summed E-state index contributed by atoms with van der Waals surface area (Å²) in [6, 6.07) is 6.18. The molecule has 1 saturated heterocycles. The van der Waals surface area contributed by atoms with E-state index in [-0.39, 0.29) is 6.10 Å². The van der Waals surface area contributed by atoms with Gasteiger partial charge in [-0.25, -0.2) is 9.97 Å². The van der Waals surface area contributed by atoms with Crippen LogP contribution in [0.15, 0.2) is 49.2 Å². The molecule has 0 radical (unpaired) electrons. The quantitative estimate of drug-likeness (QED) is 0.530. The number of H-pyrrole nitrogens is 1. The van der Waals surface area contributed by atoms with Crippen LogP contribution >= 0.6 is 0 Å². The highest BCUT2D eigenvalue weighted by Crippen LogP contribution is 2.31. The average Bonchev–Trinajstić information content (AvgIpc) is 3.23. The molecule has 3 aromatic heterocycles. The Kier molecular flexibility index (Phi) is 5.21. The van der Waals surface area contributed by atoms with E-state index < -0.39 is 0 Å². The predicted molar refractivity (Wildman–Crippen MR) is 119 cm³/mol. The monoisotopic (exact) mass is 416 g/mol. The minimum Gasteiger partial charge on any atom is -0.474 e. The van der Waals surface area contributed by atoms with E-state index in [2.05, 4.69) is 30.9 Å². The number of rotatable bonds is 5. The highest BCUT2D eigenvalue weighted by Gasteiger charge is 2.16. The van der Waals surface area contributed by atoms with Gasteiger partial charge in [0.2, 0.25) is 5.88 Å². The zero-order valence-corrected chi connectivity index (χ0v) is 17.6. The standard InChI is InChI=1S/C23H24N6O2/c1-15(2)31-23-14-25-11-20(28-23)16-3-4-19-17(9-16)18(10-26-19)21-12-24-13-22(27-21)29-5-7-30-8-6-29/h3-4,9-15,26H,5-8H2,1-2H3. The highest BCUT2D eigenvalue weighted by molar-refractivity contribution is 5.97. The van der Waals surface area contributed by atoms with E-state index in [4.69, 9.17) is 14.5 Å². The summed E-state index contributed by atoms with van der Waals surface area (Å²) >= 11 is 0. The van der Waals surface area contributed by atoms with E-state index in [0.717, 1.165) is 52.3 Å². The second-order valence-electron chi connectivity index (χ2n) is 7.73. The first-order valence-electron chi connectivity index (χ1n) is 10.4. The van der Waals surface area contributed by atoms with Gasteiger partial charge in [0, 0.05) is 41.3 Å². The number of fused-ring (bicyclic) bond motifs is 1. The largest absolute Gasteiger partial charge is 0.474 e. The second kappa shape index (κ2) is 8.31. The summed E-state index contributed by atoms with van der Waals surface area (Å²) in [6.45, 7) is 7.01. The average molecular weight is 416 g/mol. The van der Waals surface area contributed by atoms with Gasteiger partial charge in [0.25, 0.3) is 0 Å². The summed E-state index contributed by atoms with van der Waals surface area (Å²) < 4.78 is 11.2. The van der Waals surface area contributed by atoms with Crippen LogP contribution in [0, 0.1) is 0 Å². The maximum Gasteiger partial charge on any atom is 0.233 e. The van der Waals surface area contributed by atoms with Crippen molar-refractivity contribution in [3.8, 4) is 28.4 Å². The van der Waals surface area contributed by atoms with Crippen molar-refractivity contribution in [2.75, 3.05) is 31.2 Å². The maximum atomic E-state index is 5.70. The third-order valence-corrected chi connectivity index (χ3v) is 5.18. The molecule has 8 nitrogen and oxygen atoms in total. The Morgan fingerprint density at radius 3 is 2.65 bits per heavy atom. The van der Waals surface area contributed by atoms with Gasteiger partial charge in [0.15, 0.2) is 0 Å². The second-order valence-corrected chi connectivity index (χ2v) is 7.73. The molecule has 8 heteroatoms. The fourth-order valence-corrected chi connectivity index (χ4v) is 3.71. The van der Waals surface area contributed by atoms with E-state index in [1.165, 1.54) is 0 Å². The van der Waals surface area contributed by atoms with E-state index in [0.29, 0.717) is 19.1 Å². The topological polar surface area (TPSA) is 89.0 Å². The Balaban J connectivity index is 1.52. The summed E-state index contributed by atoms with van der Waals surface area (Å²) in [5, 5.41) is 1.06. The van der Waals surface area contributed by atoms with Crippen molar-refractivity contribution in [2.45, 2.75) is 20.0 Å². The lowest BCUT2D eigenvalue weighted by Crippen LogP contribution is -2.36. The molecule has 1 fully saturated rings. The van der Waals surface area contributed by atoms with Gasteiger partial charge >= 0.3 is 0 Å². The summed E-state index contributed by atoms with van der Waals surface area (Å²) in [4.78, 5) is 23.8. The summed E-state index contributed by atoms with van der Waals surface area (Å²) in [7, 11) is 0. The number of benzene rings is 1. The molecule has 0 amide bonds. The van der Waals surface area contributed by atoms with Crippen molar-refractivity contribution in [3.63, 3.8) is 0 Å². The summed E-state index contributed by atoms with van der Waals surface area (Å²) in [5.41, 5.74) is 4.59. The van der Waals surface area contributed by atoms with Gasteiger partial charge < -0.3 is 19.4 Å². The van der Waals surface area contributed by atoms with Crippen LogP contribution in [0.1, 0.15) is 13.8 Å².